The summed E-state index contributed by atoms with van der Waals surface area (Å²) >= 11 is 1.84. The molecule has 0 atom stereocenters. The Kier molecular flexibility index (Phi) is 4.13. The molecule has 0 saturated heterocycles. The van der Waals surface area contributed by atoms with Gasteiger partial charge in [0.25, 0.3) is 0 Å². The first-order chi connectivity index (χ1) is 13.3. The molecule has 27 heavy (non-hydrogen) atoms. The van der Waals surface area contributed by atoms with Gasteiger partial charge < -0.3 is 9.88 Å². The van der Waals surface area contributed by atoms with Gasteiger partial charge in [0.15, 0.2) is 0 Å². The van der Waals surface area contributed by atoms with Crippen LogP contribution in [0.15, 0.2) is 43.0 Å². The third-order valence-corrected chi connectivity index (χ3v) is 6.27. The largest absolute Gasteiger partial charge is 0.365 e. The topological polar surface area (TPSA) is 55.6 Å². The fourth-order valence-electron chi connectivity index (χ4n) is 3.77. The van der Waals surface area contributed by atoms with Crippen molar-refractivity contribution in [2.24, 2.45) is 0 Å². The summed E-state index contributed by atoms with van der Waals surface area (Å²) in [5.74, 6) is 1.82. The van der Waals surface area contributed by atoms with E-state index in [1.807, 2.05) is 37.0 Å². The molecule has 0 fully saturated rings. The van der Waals surface area contributed by atoms with Crippen molar-refractivity contribution in [1.82, 2.24) is 19.5 Å². The summed E-state index contributed by atoms with van der Waals surface area (Å²) in [6, 6.07) is 8.73. The first-order valence-electron chi connectivity index (χ1n) is 9.32. The van der Waals surface area contributed by atoms with Crippen LogP contribution in [0.2, 0.25) is 0 Å². The van der Waals surface area contributed by atoms with Crippen molar-refractivity contribution < 1.29 is 0 Å². The van der Waals surface area contributed by atoms with Crippen LogP contribution in [0.3, 0.4) is 0 Å². The molecule has 0 unspecified atom stereocenters. The van der Waals surface area contributed by atoms with Crippen LogP contribution in [0.5, 0.6) is 0 Å². The highest BCUT2D eigenvalue weighted by molar-refractivity contribution is 7.19. The predicted octanol–water partition coefficient (Wildman–Crippen LogP) is 4.35. The average molecular weight is 376 g/mol. The van der Waals surface area contributed by atoms with Gasteiger partial charge >= 0.3 is 0 Å². The standard InChI is InChI=1S/C21H21N5S/c1-14-24-20(19-17-3-2-4-18(17)27-21(19)25-14)23-11-15-5-7-16(8-6-15)12-26-10-9-22-13-26/h5-10,13H,2-4,11-12H2,1H3,(H,23,24,25). The normalized spacial score (nSPS) is 13.2. The summed E-state index contributed by atoms with van der Waals surface area (Å²) in [5, 5.41) is 4.81. The van der Waals surface area contributed by atoms with Crippen LogP contribution in [0, 0.1) is 6.92 Å². The molecule has 0 spiro atoms. The number of benzene rings is 1. The van der Waals surface area contributed by atoms with E-state index in [0.717, 1.165) is 36.0 Å². The number of rotatable bonds is 5. The number of thiophene rings is 1. The molecular formula is C21H21N5S. The first kappa shape index (κ1) is 16.4. The number of aryl methyl sites for hydroxylation is 3. The quantitative estimate of drug-likeness (QED) is 0.564. The minimum Gasteiger partial charge on any atom is -0.365 e. The van der Waals surface area contributed by atoms with E-state index in [2.05, 4.69) is 44.1 Å². The molecule has 5 nitrogen and oxygen atoms in total. The fourth-order valence-corrected chi connectivity index (χ4v) is 5.08. The van der Waals surface area contributed by atoms with Gasteiger partial charge in [-0.25, -0.2) is 15.0 Å². The highest BCUT2D eigenvalue weighted by Gasteiger charge is 2.21. The zero-order valence-corrected chi connectivity index (χ0v) is 16.1. The van der Waals surface area contributed by atoms with Crippen LogP contribution < -0.4 is 5.32 Å². The molecule has 6 heteroatoms. The van der Waals surface area contributed by atoms with Gasteiger partial charge in [-0.1, -0.05) is 24.3 Å². The van der Waals surface area contributed by atoms with Gasteiger partial charge in [-0.3, -0.25) is 0 Å². The lowest BCUT2D eigenvalue weighted by atomic mass is 10.1. The summed E-state index contributed by atoms with van der Waals surface area (Å²) in [4.78, 5) is 16.1. The van der Waals surface area contributed by atoms with Crippen LogP contribution in [-0.2, 0) is 25.9 Å². The maximum atomic E-state index is 4.71. The number of anilines is 1. The van der Waals surface area contributed by atoms with Crippen molar-refractivity contribution in [3.8, 4) is 0 Å². The molecule has 0 saturated carbocycles. The molecular weight excluding hydrogens is 354 g/mol. The Balaban J connectivity index is 1.35. The van der Waals surface area contributed by atoms with E-state index < -0.39 is 0 Å². The first-order valence-corrected chi connectivity index (χ1v) is 10.1. The summed E-state index contributed by atoms with van der Waals surface area (Å²) in [7, 11) is 0. The minimum absolute atomic E-state index is 0.765. The van der Waals surface area contributed by atoms with Gasteiger partial charge in [-0.2, -0.15) is 0 Å². The SMILES string of the molecule is Cc1nc(NCc2ccc(Cn3ccnc3)cc2)c2c3c(sc2n1)CCC3. The molecule has 3 aromatic heterocycles. The van der Waals surface area contributed by atoms with Crippen molar-refractivity contribution in [3.63, 3.8) is 0 Å². The smallest absolute Gasteiger partial charge is 0.139 e. The Labute approximate surface area is 162 Å². The second-order valence-corrected chi connectivity index (χ2v) is 8.15. The lowest BCUT2D eigenvalue weighted by molar-refractivity contribution is 0.797. The highest BCUT2D eigenvalue weighted by Crippen LogP contribution is 2.39. The molecule has 5 rings (SSSR count). The maximum absolute atomic E-state index is 4.71. The molecule has 3 heterocycles. The van der Waals surface area contributed by atoms with E-state index in [9.17, 15) is 0 Å². The molecule has 4 aromatic rings. The van der Waals surface area contributed by atoms with Crippen molar-refractivity contribution in [3.05, 3.63) is 70.4 Å². The monoisotopic (exact) mass is 375 g/mol. The number of nitrogens with one attached hydrogen (secondary N) is 1. The highest BCUT2D eigenvalue weighted by atomic mass is 32.1. The van der Waals surface area contributed by atoms with E-state index in [1.54, 1.807) is 0 Å². The average Bonchev–Trinajstić information content (AvgIpc) is 3.38. The van der Waals surface area contributed by atoms with Crippen molar-refractivity contribution in [2.45, 2.75) is 39.3 Å². The third kappa shape index (κ3) is 3.21. The molecule has 0 aliphatic heterocycles. The summed E-state index contributed by atoms with van der Waals surface area (Å²) < 4.78 is 2.07. The Bertz CT molecular complexity index is 1080. The predicted molar refractivity (Wildman–Crippen MR) is 109 cm³/mol. The molecule has 0 bridgehead atoms. The van der Waals surface area contributed by atoms with E-state index in [1.165, 1.54) is 39.8 Å². The minimum atomic E-state index is 0.765. The van der Waals surface area contributed by atoms with E-state index in [-0.39, 0.29) is 0 Å². The van der Waals surface area contributed by atoms with Crippen molar-refractivity contribution in [2.75, 3.05) is 5.32 Å². The molecule has 136 valence electrons. The van der Waals surface area contributed by atoms with Crippen molar-refractivity contribution >= 4 is 27.4 Å². The Morgan fingerprint density at radius 3 is 2.78 bits per heavy atom. The van der Waals surface area contributed by atoms with Gasteiger partial charge in [0.1, 0.15) is 16.5 Å². The van der Waals surface area contributed by atoms with Gasteiger partial charge in [-0.05, 0) is 42.9 Å². The zero-order chi connectivity index (χ0) is 18.2. The molecule has 1 aliphatic rings. The third-order valence-electron chi connectivity index (χ3n) is 5.08. The second kappa shape index (κ2) is 6.78. The molecule has 0 radical (unpaired) electrons. The number of hydrogen-bond donors (Lipinski definition) is 1. The number of imidazole rings is 1. The molecule has 1 aromatic carbocycles. The fraction of sp³-hybridized carbons (Fsp3) is 0.286. The van der Waals surface area contributed by atoms with Crippen LogP contribution in [0.25, 0.3) is 10.2 Å². The van der Waals surface area contributed by atoms with E-state index >= 15 is 0 Å². The summed E-state index contributed by atoms with van der Waals surface area (Å²) in [5.41, 5.74) is 3.99. The number of hydrogen-bond acceptors (Lipinski definition) is 5. The second-order valence-electron chi connectivity index (χ2n) is 7.06. The number of nitrogens with zero attached hydrogens (tertiary/aromatic N) is 4. The molecule has 1 aliphatic carbocycles. The van der Waals surface area contributed by atoms with Crippen LogP contribution >= 0.6 is 11.3 Å². The lowest BCUT2D eigenvalue weighted by Gasteiger charge is -2.10. The van der Waals surface area contributed by atoms with E-state index in [0.29, 0.717) is 0 Å². The van der Waals surface area contributed by atoms with Gasteiger partial charge in [-0.15, -0.1) is 11.3 Å². The molecule has 1 N–H and O–H groups in total. The Morgan fingerprint density at radius 2 is 1.96 bits per heavy atom. The lowest BCUT2D eigenvalue weighted by Crippen LogP contribution is -2.04. The van der Waals surface area contributed by atoms with Crippen molar-refractivity contribution in [1.29, 1.82) is 0 Å². The number of fused-ring (bicyclic) bond motifs is 3. The van der Waals surface area contributed by atoms with Crippen LogP contribution in [0.1, 0.15) is 33.8 Å². The van der Waals surface area contributed by atoms with Gasteiger partial charge in [0, 0.05) is 30.4 Å². The van der Waals surface area contributed by atoms with Crippen LogP contribution in [-0.4, -0.2) is 19.5 Å². The Hall–Kier alpha value is -2.73. The van der Waals surface area contributed by atoms with Crippen LogP contribution in [0.4, 0.5) is 5.82 Å². The number of aromatic nitrogens is 4. The van der Waals surface area contributed by atoms with Gasteiger partial charge in [0.2, 0.25) is 0 Å². The molecule has 0 amide bonds. The van der Waals surface area contributed by atoms with Gasteiger partial charge in [0.05, 0.1) is 11.7 Å². The Morgan fingerprint density at radius 1 is 1.11 bits per heavy atom. The summed E-state index contributed by atoms with van der Waals surface area (Å²) in [6.45, 7) is 3.59. The summed E-state index contributed by atoms with van der Waals surface area (Å²) in [6.07, 6.45) is 9.23. The zero-order valence-electron chi connectivity index (χ0n) is 15.3. The maximum Gasteiger partial charge on any atom is 0.139 e. The van der Waals surface area contributed by atoms with E-state index in [4.69, 9.17) is 4.98 Å².